The van der Waals surface area contributed by atoms with E-state index >= 15 is 0 Å². The molecule has 3 aromatic heterocycles. The number of nitrogens with zero attached hydrogens (tertiary/aromatic N) is 6. The van der Waals surface area contributed by atoms with E-state index in [4.69, 9.17) is 9.72 Å². The number of esters is 1. The van der Waals surface area contributed by atoms with Crippen molar-refractivity contribution >= 4 is 34.4 Å². The van der Waals surface area contributed by atoms with Crippen LogP contribution in [0.2, 0.25) is 0 Å². The quantitative estimate of drug-likeness (QED) is 0.440. The third-order valence-corrected chi connectivity index (χ3v) is 6.86. The molecule has 1 fully saturated rings. The van der Waals surface area contributed by atoms with E-state index in [-0.39, 0.29) is 30.4 Å². The number of carbonyl (C=O) groups excluding carboxylic acids is 2. The summed E-state index contributed by atoms with van der Waals surface area (Å²) in [7, 11) is 1.87. The zero-order valence-corrected chi connectivity index (χ0v) is 21.1. The molecule has 1 aliphatic heterocycles. The van der Waals surface area contributed by atoms with Crippen LogP contribution in [0.15, 0.2) is 30.9 Å². The monoisotopic (exact) mass is 481 g/mol. The molecule has 35 heavy (non-hydrogen) atoms. The molecule has 0 unspecified atom stereocenters. The lowest BCUT2D eigenvalue weighted by Gasteiger charge is -2.20. The van der Waals surface area contributed by atoms with Crippen LogP contribution in [0.4, 0.5) is 11.6 Å². The van der Waals surface area contributed by atoms with Gasteiger partial charge in [0.05, 0.1) is 17.9 Å². The van der Waals surface area contributed by atoms with E-state index in [2.05, 4.69) is 46.9 Å². The van der Waals surface area contributed by atoms with Crippen molar-refractivity contribution in [3.8, 4) is 0 Å². The van der Waals surface area contributed by atoms with Gasteiger partial charge in [-0.05, 0) is 31.9 Å². The molecule has 1 N–H and O–H groups in total. The molecule has 0 bridgehead atoms. The molecule has 0 aliphatic carbocycles. The molecule has 0 amide bonds. The van der Waals surface area contributed by atoms with Gasteiger partial charge in [-0.3, -0.25) is 19.2 Å². The van der Waals surface area contributed by atoms with Crippen LogP contribution in [0.5, 0.6) is 0 Å². The van der Waals surface area contributed by atoms with Gasteiger partial charge in [0.15, 0.2) is 0 Å². The van der Waals surface area contributed by atoms with E-state index in [9.17, 15) is 9.59 Å². The molecule has 3 aromatic rings. The lowest BCUT2D eigenvalue weighted by Crippen LogP contribution is -2.31. The van der Waals surface area contributed by atoms with Crippen molar-refractivity contribution < 1.29 is 14.3 Å². The SMILES string of the molecule is CC[C@H](Cn1ccc2cnc(Nc3cnn(CC(=O)O[C@@H]4C[C@@H](C(C)=O)N(C)C4)c3)nc21)C(C)C. The topological polar surface area (TPSA) is 107 Å². The number of hydrogen-bond donors (Lipinski definition) is 1. The number of nitrogens with one attached hydrogen (secondary N) is 1. The van der Waals surface area contributed by atoms with Crippen LogP contribution >= 0.6 is 0 Å². The number of hydrogen-bond acceptors (Lipinski definition) is 8. The van der Waals surface area contributed by atoms with E-state index in [1.807, 2.05) is 24.2 Å². The van der Waals surface area contributed by atoms with Gasteiger partial charge in [-0.25, -0.2) is 4.98 Å². The Kier molecular flexibility index (Phi) is 7.49. The van der Waals surface area contributed by atoms with Crippen molar-refractivity contribution in [1.29, 1.82) is 0 Å². The Morgan fingerprint density at radius 2 is 2.09 bits per heavy atom. The van der Waals surface area contributed by atoms with Gasteiger partial charge < -0.3 is 14.6 Å². The number of likely N-dealkylation sites (N-methyl/N-ethyl adjacent to an activating group) is 1. The highest BCUT2D eigenvalue weighted by molar-refractivity contribution is 5.82. The van der Waals surface area contributed by atoms with Crippen molar-refractivity contribution in [1.82, 2.24) is 29.2 Å². The Morgan fingerprint density at radius 1 is 1.29 bits per heavy atom. The zero-order chi connectivity index (χ0) is 25.1. The fourth-order valence-electron chi connectivity index (χ4n) is 4.75. The Bertz CT molecular complexity index is 1180. The maximum Gasteiger partial charge on any atom is 0.328 e. The molecule has 1 saturated heterocycles. The molecule has 4 heterocycles. The van der Waals surface area contributed by atoms with Crippen LogP contribution in [0, 0.1) is 11.8 Å². The number of fused-ring (bicyclic) bond motifs is 1. The molecule has 1 aliphatic rings. The Morgan fingerprint density at radius 3 is 2.77 bits per heavy atom. The van der Waals surface area contributed by atoms with E-state index in [0.29, 0.717) is 36.4 Å². The van der Waals surface area contributed by atoms with Gasteiger partial charge in [-0.1, -0.05) is 27.2 Å². The molecule has 10 heteroatoms. The van der Waals surface area contributed by atoms with Gasteiger partial charge in [-0.15, -0.1) is 0 Å². The molecule has 3 atom stereocenters. The minimum absolute atomic E-state index is 0.0109. The van der Waals surface area contributed by atoms with Gasteiger partial charge in [0.1, 0.15) is 24.1 Å². The summed E-state index contributed by atoms with van der Waals surface area (Å²) >= 11 is 0. The molecule has 10 nitrogen and oxygen atoms in total. The highest BCUT2D eigenvalue weighted by Gasteiger charge is 2.34. The second-order valence-corrected chi connectivity index (χ2v) is 9.82. The first-order valence-electron chi connectivity index (χ1n) is 12.2. The average Bonchev–Trinajstić information content (AvgIpc) is 3.50. The fourth-order valence-corrected chi connectivity index (χ4v) is 4.75. The smallest absolute Gasteiger partial charge is 0.328 e. The number of ether oxygens (including phenoxy) is 1. The van der Waals surface area contributed by atoms with Crippen molar-refractivity contribution in [2.75, 3.05) is 18.9 Å². The fraction of sp³-hybridized carbons (Fsp3) is 0.560. The first kappa shape index (κ1) is 24.8. The molecule has 0 aromatic carbocycles. The summed E-state index contributed by atoms with van der Waals surface area (Å²) in [6, 6.07) is 1.85. The Balaban J connectivity index is 1.37. The minimum Gasteiger partial charge on any atom is -0.460 e. The van der Waals surface area contributed by atoms with Crippen LogP contribution in [-0.4, -0.2) is 66.7 Å². The van der Waals surface area contributed by atoms with Gasteiger partial charge in [-0.2, -0.15) is 10.1 Å². The summed E-state index contributed by atoms with van der Waals surface area (Å²) in [6.07, 6.45) is 8.59. The predicted octanol–water partition coefficient (Wildman–Crippen LogP) is 3.26. The standard InChI is InChI=1S/C25H35N7O3/c1-6-18(16(2)3)12-31-8-7-19-10-26-25(29-24(19)31)28-20-11-27-32(13-20)15-23(34)35-21-9-22(17(4)33)30(5)14-21/h7-8,10-11,13,16,18,21-22H,6,9,12,14-15H2,1-5H3,(H,26,28,29)/t18-,21-,22+/m1/s1. The number of Topliss-reactive ketones (excluding diaryl/α,β-unsaturated/α-hetero) is 1. The molecular formula is C25H35N7O3. The van der Waals surface area contributed by atoms with Gasteiger partial charge >= 0.3 is 5.97 Å². The molecule has 0 radical (unpaired) electrons. The highest BCUT2D eigenvalue weighted by atomic mass is 16.5. The summed E-state index contributed by atoms with van der Waals surface area (Å²) in [5.41, 5.74) is 1.57. The summed E-state index contributed by atoms with van der Waals surface area (Å²) in [6.45, 7) is 9.76. The number of anilines is 2. The third kappa shape index (κ3) is 5.87. The summed E-state index contributed by atoms with van der Waals surface area (Å²) < 4.78 is 9.26. The third-order valence-electron chi connectivity index (χ3n) is 6.86. The van der Waals surface area contributed by atoms with Gasteiger partial charge in [0.2, 0.25) is 5.95 Å². The maximum atomic E-state index is 12.4. The van der Waals surface area contributed by atoms with Crippen molar-refractivity contribution in [2.45, 2.75) is 65.8 Å². The number of carbonyl (C=O) groups is 2. The van der Waals surface area contributed by atoms with E-state index < -0.39 is 0 Å². The van der Waals surface area contributed by atoms with E-state index in [0.717, 1.165) is 24.0 Å². The zero-order valence-electron chi connectivity index (χ0n) is 21.1. The first-order chi connectivity index (χ1) is 16.7. The van der Waals surface area contributed by atoms with Gasteiger partial charge in [0.25, 0.3) is 0 Å². The molecule has 188 valence electrons. The highest BCUT2D eigenvalue weighted by Crippen LogP contribution is 2.23. The summed E-state index contributed by atoms with van der Waals surface area (Å²) in [5, 5.41) is 8.43. The average molecular weight is 482 g/mol. The van der Waals surface area contributed by atoms with Crippen LogP contribution < -0.4 is 5.32 Å². The normalized spacial score (nSPS) is 19.4. The van der Waals surface area contributed by atoms with Crippen LogP contribution in [0.1, 0.15) is 40.5 Å². The van der Waals surface area contributed by atoms with E-state index in [1.54, 1.807) is 19.3 Å². The molecule has 0 saturated carbocycles. The Hall–Kier alpha value is -3.27. The number of aromatic nitrogens is 5. The second-order valence-electron chi connectivity index (χ2n) is 9.82. The Labute approximate surface area is 205 Å². The summed E-state index contributed by atoms with van der Waals surface area (Å²) in [4.78, 5) is 35.1. The predicted molar refractivity (Wildman–Crippen MR) is 133 cm³/mol. The second kappa shape index (κ2) is 10.6. The lowest BCUT2D eigenvalue weighted by atomic mass is 9.93. The molecule has 0 spiro atoms. The molecule has 4 rings (SSSR count). The number of rotatable bonds is 10. The van der Waals surface area contributed by atoms with Crippen LogP contribution in [-0.2, 0) is 27.4 Å². The van der Waals surface area contributed by atoms with Crippen molar-refractivity contribution in [3.05, 3.63) is 30.9 Å². The largest absolute Gasteiger partial charge is 0.460 e. The number of ketones is 1. The summed E-state index contributed by atoms with van der Waals surface area (Å²) in [5.74, 6) is 1.36. The van der Waals surface area contributed by atoms with Crippen molar-refractivity contribution in [3.63, 3.8) is 0 Å². The lowest BCUT2D eigenvalue weighted by molar-refractivity contribution is -0.149. The van der Waals surface area contributed by atoms with Crippen molar-refractivity contribution in [2.24, 2.45) is 11.8 Å². The van der Waals surface area contributed by atoms with Crippen LogP contribution in [0.3, 0.4) is 0 Å². The first-order valence-corrected chi connectivity index (χ1v) is 12.2. The maximum absolute atomic E-state index is 12.4. The van der Waals surface area contributed by atoms with Gasteiger partial charge in [0, 0.05) is 43.5 Å². The van der Waals surface area contributed by atoms with Crippen LogP contribution in [0.25, 0.3) is 11.0 Å². The minimum atomic E-state index is -0.381. The molecular weight excluding hydrogens is 446 g/mol. The van der Waals surface area contributed by atoms with E-state index in [1.165, 1.54) is 4.68 Å². The number of likely N-dealkylation sites (tertiary alicyclic amines) is 1.